The van der Waals surface area contributed by atoms with E-state index in [1.165, 1.54) is 6.07 Å². The fraction of sp³-hybridized carbons (Fsp3) is 0.167. The van der Waals surface area contributed by atoms with Crippen molar-refractivity contribution in [3.05, 3.63) is 71.8 Å². The van der Waals surface area contributed by atoms with Gasteiger partial charge in [-0.2, -0.15) is 8.78 Å². The number of nitrogens with zero attached hydrogens (tertiary/aromatic N) is 1. The van der Waals surface area contributed by atoms with E-state index in [9.17, 15) is 13.6 Å². The average molecular weight is 469 g/mol. The van der Waals surface area contributed by atoms with Crippen LogP contribution >= 0.6 is 0 Å². The number of carbonyl (C=O) groups is 1. The monoisotopic (exact) mass is 468 g/mol. The van der Waals surface area contributed by atoms with Gasteiger partial charge >= 0.3 is 6.61 Å². The lowest BCUT2D eigenvalue weighted by Crippen LogP contribution is -2.37. The fourth-order valence-corrected chi connectivity index (χ4v) is 4.31. The Bertz CT molecular complexity index is 1290. The molecule has 2 N–H and O–H groups in total. The number of nitrogens with one attached hydrogen (secondary N) is 1. The maximum absolute atomic E-state index is 13.0. The van der Waals surface area contributed by atoms with E-state index in [1.54, 1.807) is 12.6 Å². The highest BCUT2D eigenvalue weighted by atomic mass is 28.3. The molecule has 0 fully saturated rings. The lowest BCUT2D eigenvalue weighted by molar-refractivity contribution is -0.0504. The molecule has 0 saturated heterocycles. The topological polar surface area (TPSA) is 84.6 Å². The van der Waals surface area contributed by atoms with Crippen LogP contribution in [-0.4, -0.2) is 31.3 Å². The first-order valence-electron chi connectivity index (χ1n) is 10.3. The molecule has 170 valence electrons. The molecule has 1 heterocycles. The van der Waals surface area contributed by atoms with Gasteiger partial charge in [-0.15, -0.1) is 0 Å². The molecule has 1 aromatic heterocycles. The minimum Gasteiger partial charge on any atom is -0.485 e. The minimum atomic E-state index is -3.03. The van der Waals surface area contributed by atoms with E-state index in [4.69, 9.17) is 9.52 Å². The van der Waals surface area contributed by atoms with E-state index in [0.717, 1.165) is 22.3 Å². The summed E-state index contributed by atoms with van der Waals surface area (Å²) in [6.45, 7) is 0.626. The molecule has 9 heteroatoms. The number of alkyl halides is 2. The van der Waals surface area contributed by atoms with Crippen molar-refractivity contribution in [3.8, 4) is 28.3 Å². The number of benzene rings is 3. The Labute approximate surface area is 190 Å². The summed E-state index contributed by atoms with van der Waals surface area (Å²) < 4.78 is 36.6. The van der Waals surface area contributed by atoms with Gasteiger partial charge in [-0.25, -0.2) is 4.98 Å². The summed E-state index contributed by atoms with van der Waals surface area (Å²) in [6.07, 6.45) is 0. The number of fused-ring (bicyclic) bond motifs is 1. The molecule has 0 spiro atoms. The third-order valence-corrected chi connectivity index (χ3v) is 6.96. The molecule has 33 heavy (non-hydrogen) atoms. The first kappa shape index (κ1) is 22.6. The molecule has 0 unspecified atom stereocenters. The zero-order chi connectivity index (χ0) is 23.5. The Balaban J connectivity index is 1.74. The summed E-state index contributed by atoms with van der Waals surface area (Å²) >= 11 is 0. The van der Waals surface area contributed by atoms with Crippen LogP contribution in [0.15, 0.2) is 65.1 Å². The molecule has 0 saturated carbocycles. The highest BCUT2D eigenvalue weighted by molar-refractivity contribution is 6.85. The van der Waals surface area contributed by atoms with Crippen LogP contribution in [0.25, 0.3) is 33.7 Å². The van der Waals surface area contributed by atoms with Crippen LogP contribution in [0.3, 0.4) is 0 Å². The number of oxazole rings is 1. The van der Waals surface area contributed by atoms with E-state index in [1.807, 2.05) is 55.5 Å². The molecule has 4 rings (SSSR count). The van der Waals surface area contributed by atoms with Gasteiger partial charge in [-0.3, -0.25) is 4.79 Å². The van der Waals surface area contributed by atoms with Crippen molar-refractivity contribution in [3.63, 3.8) is 0 Å². The molecule has 0 amide bonds. The largest absolute Gasteiger partial charge is 0.485 e. The van der Waals surface area contributed by atoms with Crippen LogP contribution in [0.2, 0.25) is 6.55 Å². The van der Waals surface area contributed by atoms with Crippen molar-refractivity contribution < 1.29 is 27.8 Å². The number of hydrogen-bond acceptors (Lipinski definition) is 5. The molecular formula is C24H22F2N2O4Si. The summed E-state index contributed by atoms with van der Waals surface area (Å²) in [6, 6.07) is 18.7. The summed E-state index contributed by atoms with van der Waals surface area (Å²) in [5, 5.41) is 9.13. The predicted octanol–water partition coefficient (Wildman–Crippen LogP) is 5.77. The maximum Gasteiger partial charge on any atom is 0.387 e. The molecular weight excluding hydrogens is 446 g/mol. The second-order valence-electron chi connectivity index (χ2n) is 7.61. The van der Waals surface area contributed by atoms with E-state index in [0.29, 0.717) is 22.6 Å². The Morgan fingerprint density at radius 2 is 1.88 bits per heavy atom. The Morgan fingerprint density at radius 3 is 2.58 bits per heavy atom. The van der Waals surface area contributed by atoms with Gasteiger partial charge in [0, 0.05) is 23.7 Å². The highest BCUT2D eigenvalue weighted by Gasteiger charge is 2.19. The van der Waals surface area contributed by atoms with E-state index >= 15 is 0 Å². The smallest absolute Gasteiger partial charge is 0.387 e. The quantitative estimate of drug-likeness (QED) is 0.319. The van der Waals surface area contributed by atoms with Crippen LogP contribution in [0.5, 0.6) is 5.75 Å². The highest BCUT2D eigenvalue weighted by Crippen LogP contribution is 2.35. The number of carboxylic acid groups (broad SMARTS) is 1. The first-order chi connectivity index (χ1) is 15.8. The SMILES string of the molecule is Cc1c(-c2ccccc2)cccc1-c1nc2cc(CN[Si@@H](C)C(=O)O)c(OC(F)F)cc2o1. The summed E-state index contributed by atoms with van der Waals surface area (Å²) in [5.74, 6) is 0.288. The first-order valence-corrected chi connectivity index (χ1v) is 12.6. The van der Waals surface area contributed by atoms with E-state index in [2.05, 4.69) is 14.7 Å². The van der Waals surface area contributed by atoms with Crippen molar-refractivity contribution in [2.45, 2.75) is 26.6 Å². The number of aromatic nitrogens is 1. The number of hydrogen-bond donors (Lipinski definition) is 2. The summed E-state index contributed by atoms with van der Waals surface area (Å²) in [5.41, 5.74) is 4.11. The van der Waals surface area contributed by atoms with Crippen LogP contribution in [0.1, 0.15) is 11.1 Å². The average Bonchev–Trinajstić information content (AvgIpc) is 3.20. The molecule has 3 aromatic carbocycles. The second-order valence-corrected chi connectivity index (χ2v) is 9.96. The van der Waals surface area contributed by atoms with Gasteiger partial charge in [0.2, 0.25) is 14.8 Å². The molecule has 0 aliphatic rings. The molecule has 0 radical (unpaired) electrons. The third kappa shape index (κ3) is 4.94. The van der Waals surface area contributed by atoms with Gasteiger partial charge in [0.1, 0.15) is 11.3 Å². The van der Waals surface area contributed by atoms with Crippen LogP contribution in [-0.2, 0) is 6.54 Å². The Morgan fingerprint density at radius 1 is 1.15 bits per heavy atom. The zero-order valence-corrected chi connectivity index (χ0v) is 19.2. The van der Waals surface area contributed by atoms with Gasteiger partial charge < -0.3 is 19.2 Å². The molecule has 0 bridgehead atoms. The molecule has 6 nitrogen and oxygen atoms in total. The molecule has 4 aromatic rings. The molecule has 0 aliphatic heterocycles. The normalized spacial score (nSPS) is 12.3. The van der Waals surface area contributed by atoms with Gasteiger partial charge in [0.05, 0.1) is 0 Å². The number of halogens is 2. The second kappa shape index (κ2) is 9.51. The Hall–Kier alpha value is -3.56. The van der Waals surface area contributed by atoms with Crippen LogP contribution < -0.4 is 9.72 Å². The van der Waals surface area contributed by atoms with E-state index < -0.39 is 21.2 Å². The van der Waals surface area contributed by atoms with Gasteiger partial charge in [0.15, 0.2) is 5.58 Å². The van der Waals surface area contributed by atoms with Crippen LogP contribution in [0, 0.1) is 6.92 Å². The maximum atomic E-state index is 13.0. The number of ether oxygens (including phenoxy) is 1. The van der Waals surface area contributed by atoms with Crippen molar-refractivity contribution in [1.82, 2.24) is 9.97 Å². The van der Waals surface area contributed by atoms with Crippen molar-refractivity contribution in [2.24, 2.45) is 0 Å². The fourth-order valence-electron chi connectivity index (χ4n) is 3.61. The van der Waals surface area contributed by atoms with Crippen molar-refractivity contribution in [2.75, 3.05) is 0 Å². The van der Waals surface area contributed by atoms with Gasteiger partial charge in [-0.05, 0) is 42.3 Å². The lowest BCUT2D eigenvalue weighted by atomic mass is 9.96. The standard InChI is InChI=1S/C24H22F2N2O4Si/c1-14-17(15-7-4-3-5-8-15)9-6-10-18(14)22-28-19-11-16(13-27-33(2)24(29)30)20(32-23(25)26)12-21(19)31-22/h3-12,23,27,33H,13H2,1-2H3,(H,29,30)/t33-/m0/s1. The van der Waals surface area contributed by atoms with E-state index in [-0.39, 0.29) is 12.3 Å². The third-order valence-electron chi connectivity index (χ3n) is 5.40. The van der Waals surface area contributed by atoms with Crippen LogP contribution in [0.4, 0.5) is 13.6 Å². The summed E-state index contributed by atoms with van der Waals surface area (Å²) in [4.78, 5) is 18.6. The summed E-state index contributed by atoms with van der Waals surface area (Å²) in [7, 11) is -2.27. The zero-order valence-electron chi connectivity index (χ0n) is 18.0. The van der Waals surface area contributed by atoms with Gasteiger partial charge in [0.25, 0.3) is 5.59 Å². The number of rotatable bonds is 8. The minimum absolute atomic E-state index is 0.0718. The van der Waals surface area contributed by atoms with Crippen molar-refractivity contribution >= 4 is 25.7 Å². The predicted molar refractivity (Wildman–Crippen MR) is 124 cm³/mol. The lowest BCUT2D eigenvalue weighted by Gasteiger charge is -2.12. The van der Waals surface area contributed by atoms with Gasteiger partial charge in [-0.1, -0.05) is 42.5 Å². The Kier molecular flexibility index (Phi) is 6.52. The van der Waals surface area contributed by atoms with Crippen molar-refractivity contribution in [1.29, 1.82) is 0 Å². The molecule has 0 aliphatic carbocycles. The molecule has 1 atom stereocenters.